The Labute approximate surface area is 116 Å². The molecule has 3 heteroatoms. The van der Waals surface area contributed by atoms with Crippen molar-refractivity contribution < 1.29 is 4.79 Å². The second-order valence-corrected chi connectivity index (χ2v) is 5.53. The zero-order valence-electron chi connectivity index (χ0n) is 10.0. The molecule has 0 amide bonds. The molecular weight excluding hydrogens is 264 g/mol. The summed E-state index contributed by atoms with van der Waals surface area (Å²) in [5, 5.41) is 0.743. The Morgan fingerprint density at radius 2 is 1.89 bits per heavy atom. The van der Waals surface area contributed by atoms with Gasteiger partial charge < -0.3 is 0 Å². The first kappa shape index (κ1) is 13.2. The van der Waals surface area contributed by atoms with E-state index in [0.717, 1.165) is 33.1 Å². The Morgan fingerprint density at radius 3 is 2.56 bits per heavy atom. The first-order chi connectivity index (χ1) is 8.69. The van der Waals surface area contributed by atoms with Crippen molar-refractivity contribution in [3.63, 3.8) is 0 Å². The molecular formula is C15H13ClOS. The molecule has 0 atom stereocenters. The molecule has 2 aromatic carbocycles. The molecule has 0 aliphatic carbocycles. The summed E-state index contributed by atoms with van der Waals surface area (Å²) in [7, 11) is 0. The van der Waals surface area contributed by atoms with Crippen molar-refractivity contribution in [1.29, 1.82) is 0 Å². The molecule has 18 heavy (non-hydrogen) atoms. The number of halogens is 1. The molecule has 0 aliphatic rings. The van der Waals surface area contributed by atoms with E-state index in [1.165, 1.54) is 5.56 Å². The summed E-state index contributed by atoms with van der Waals surface area (Å²) in [5.41, 5.74) is 3.06. The van der Waals surface area contributed by atoms with Gasteiger partial charge in [0.1, 0.15) is 0 Å². The van der Waals surface area contributed by atoms with Gasteiger partial charge in [-0.15, -0.1) is 11.8 Å². The van der Waals surface area contributed by atoms with E-state index in [1.54, 1.807) is 11.8 Å². The lowest BCUT2D eigenvalue weighted by atomic mass is 10.2. The maximum atomic E-state index is 11.0. The summed E-state index contributed by atoms with van der Waals surface area (Å²) >= 11 is 7.51. The van der Waals surface area contributed by atoms with Gasteiger partial charge in [-0.25, -0.2) is 0 Å². The van der Waals surface area contributed by atoms with Crippen LogP contribution in [0.5, 0.6) is 0 Å². The minimum absolute atomic E-state index is 0.743. The van der Waals surface area contributed by atoms with Crippen LogP contribution in [0.15, 0.2) is 47.4 Å². The molecule has 0 aromatic heterocycles. The Bertz CT molecular complexity index is 549. The van der Waals surface area contributed by atoms with E-state index < -0.39 is 0 Å². The third-order valence-electron chi connectivity index (χ3n) is 2.60. The fraction of sp³-hybridized carbons (Fsp3) is 0.133. The normalized spacial score (nSPS) is 10.3. The summed E-state index contributed by atoms with van der Waals surface area (Å²) in [5.74, 6) is 0.834. The Kier molecular flexibility index (Phi) is 4.45. The molecule has 0 heterocycles. The minimum atomic E-state index is 0.743. The maximum absolute atomic E-state index is 11.0. The van der Waals surface area contributed by atoms with E-state index in [-0.39, 0.29) is 0 Å². The van der Waals surface area contributed by atoms with Gasteiger partial charge in [0.2, 0.25) is 0 Å². The standard InChI is InChI=1S/C15H13ClOS/c1-11-2-7-15(13(8-11)9-17)18-10-12-3-5-14(16)6-4-12/h2-9H,10H2,1H3. The Morgan fingerprint density at radius 1 is 1.17 bits per heavy atom. The van der Waals surface area contributed by atoms with Gasteiger partial charge in [0.05, 0.1) is 0 Å². The lowest BCUT2D eigenvalue weighted by molar-refractivity contribution is 0.112. The first-order valence-corrected chi connectivity index (χ1v) is 6.98. The third-order valence-corrected chi connectivity index (χ3v) is 4.01. The molecule has 92 valence electrons. The van der Waals surface area contributed by atoms with Crippen molar-refractivity contribution in [3.8, 4) is 0 Å². The van der Waals surface area contributed by atoms with Crippen molar-refractivity contribution >= 4 is 29.6 Å². The fourth-order valence-corrected chi connectivity index (χ4v) is 2.71. The SMILES string of the molecule is Cc1ccc(SCc2ccc(Cl)cc2)c(C=O)c1. The minimum Gasteiger partial charge on any atom is -0.298 e. The molecule has 2 rings (SSSR count). The van der Waals surface area contributed by atoms with Gasteiger partial charge in [-0.05, 0) is 36.8 Å². The van der Waals surface area contributed by atoms with Crippen LogP contribution in [0.25, 0.3) is 0 Å². The van der Waals surface area contributed by atoms with Crippen LogP contribution in [0.1, 0.15) is 21.5 Å². The summed E-state index contributed by atoms with van der Waals surface area (Å²) in [6.45, 7) is 1.99. The highest BCUT2D eigenvalue weighted by Crippen LogP contribution is 2.26. The van der Waals surface area contributed by atoms with Crippen molar-refractivity contribution in [2.24, 2.45) is 0 Å². The molecule has 1 nitrogen and oxygen atoms in total. The number of aldehydes is 1. The summed E-state index contributed by atoms with van der Waals surface area (Å²) in [6, 6.07) is 13.7. The number of carbonyl (C=O) groups excluding carboxylic acids is 1. The Hall–Kier alpha value is -1.25. The first-order valence-electron chi connectivity index (χ1n) is 5.62. The molecule has 2 aromatic rings. The van der Waals surface area contributed by atoms with Crippen LogP contribution in [0.2, 0.25) is 5.02 Å². The number of hydrogen-bond donors (Lipinski definition) is 0. The molecule has 0 unspecified atom stereocenters. The average Bonchev–Trinajstić information content (AvgIpc) is 2.39. The van der Waals surface area contributed by atoms with Crippen LogP contribution >= 0.6 is 23.4 Å². The van der Waals surface area contributed by atoms with Gasteiger partial charge in [0.25, 0.3) is 0 Å². The number of benzene rings is 2. The second kappa shape index (κ2) is 6.07. The van der Waals surface area contributed by atoms with Crippen LogP contribution in [0.4, 0.5) is 0 Å². The molecule has 0 spiro atoms. The number of hydrogen-bond acceptors (Lipinski definition) is 2. The highest BCUT2D eigenvalue weighted by molar-refractivity contribution is 7.98. The van der Waals surface area contributed by atoms with Crippen LogP contribution < -0.4 is 0 Å². The van der Waals surface area contributed by atoms with E-state index in [4.69, 9.17) is 11.6 Å². The van der Waals surface area contributed by atoms with Crippen LogP contribution in [-0.2, 0) is 5.75 Å². The predicted octanol–water partition coefficient (Wildman–Crippen LogP) is 4.75. The largest absolute Gasteiger partial charge is 0.298 e. The van der Waals surface area contributed by atoms with Crippen molar-refractivity contribution in [1.82, 2.24) is 0 Å². The molecule has 0 fully saturated rings. The smallest absolute Gasteiger partial charge is 0.151 e. The van der Waals surface area contributed by atoms with Crippen molar-refractivity contribution in [3.05, 3.63) is 64.2 Å². The molecule has 0 bridgehead atoms. The van der Waals surface area contributed by atoms with Crippen LogP contribution in [-0.4, -0.2) is 6.29 Å². The van der Waals surface area contributed by atoms with Crippen LogP contribution in [0.3, 0.4) is 0 Å². The zero-order valence-corrected chi connectivity index (χ0v) is 11.6. The number of thioether (sulfide) groups is 1. The highest BCUT2D eigenvalue weighted by atomic mass is 35.5. The van der Waals surface area contributed by atoms with Gasteiger partial charge in [0.15, 0.2) is 6.29 Å². The number of rotatable bonds is 4. The summed E-state index contributed by atoms with van der Waals surface area (Å²) in [4.78, 5) is 12.0. The molecule has 0 saturated carbocycles. The number of aryl methyl sites for hydroxylation is 1. The van der Waals surface area contributed by atoms with E-state index in [2.05, 4.69) is 0 Å². The monoisotopic (exact) mass is 276 g/mol. The Balaban J connectivity index is 2.10. The van der Waals surface area contributed by atoms with Gasteiger partial charge in [-0.1, -0.05) is 35.4 Å². The maximum Gasteiger partial charge on any atom is 0.151 e. The topological polar surface area (TPSA) is 17.1 Å². The van der Waals surface area contributed by atoms with Gasteiger partial charge >= 0.3 is 0 Å². The second-order valence-electron chi connectivity index (χ2n) is 4.07. The molecule has 0 radical (unpaired) electrons. The highest BCUT2D eigenvalue weighted by Gasteiger charge is 2.03. The van der Waals surface area contributed by atoms with Crippen LogP contribution in [0, 0.1) is 6.92 Å². The summed E-state index contributed by atoms with van der Waals surface area (Å²) < 4.78 is 0. The lowest BCUT2D eigenvalue weighted by Crippen LogP contribution is -1.88. The van der Waals surface area contributed by atoms with Gasteiger partial charge in [0, 0.05) is 21.2 Å². The fourth-order valence-electron chi connectivity index (χ4n) is 1.63. The van der Waals surface area contributed by atoms with Crippen molar-refractivity contribution in [2.75, 3.05) is 0 Å². The van der Waals surface area contributed by atoms with E-state index in [0.29, 0.717) is 0 Å². The van der Waals surface area contributed by atoms with E-state index >= 15 is 0 Å². The summed E-state index contributed by atoms with van der Waals surface area (Å²) in [6.07, 6.45) is 0.914. The van der Waals surface area contributed by atoms with E-state index in [1.807, 2.05) is 49.4 Å². The quantitative estimate of drug-likeness (QED) is 0.592. The predicted molar refractivity (Wildman–Crippen MR) is 77.6 cm³/mol. The molecule has 0 aliphatic heterocycles. The van der Waals surface area contributed by atoms with Gasteiger partial charge in [-0.3, -0.25) is 4.79 Å². The number of carbonyl (C=O) groups is 1. The lowest BCUT2D eigenvalue weighted by Gasteiger charge is -2.06. The van der Waals surface area contributed by atoms with E-state index in [9.17, 15) is 4.79 Å². The molecule has 0 saturated heterocycles. The molecule has 0 N–H and O–H groups in total. The third kappa shape index (κ3) is 3.37. The van der Waals surface area contributed by atoms with Crippen molar-refractivity contribution in [2.45, 2.75) is 17.6 Å². The zero-order chi connectivity index (χ0) is 13.0. The average molecular weight is 277 g/mol. The van der Waals surface area contributed by atoms with Gasteiger partial charge in [-0.2, -0.15) is 0 Å².